The minimum absolute atomic E-state index is 0.0277. The fourth-order valence-electron chi connectivity index (χ4n) is 4.76. The molecule has 33 heavy (non-hydrogen) atoms. The number of anilines is 1. The van der Waals surface area contributed by atoms with E-state index in [0.29, 0.717) is 17.7 Å². The molecule has 2 aromatic carbocycles. The predicted octanol–water partition coefficient (Wildman–Crippen LogP) is 4.16. The maximum atomic E-state index is 12.9. The van der Waals surface area contributed by atoms with E-state index in [1.165, 1.54) is 32.4 Å². The fourth-order valence-corrected chi connectivity index (χ4v) is 4.76. The molecular weight excluding hydrogens is 412 g/mol. The van der Waals surface area contributed by atoms with Crippen molar-refractivity contribution in [2.75, 3.05) is 50.8 Å². The number of amides is 1. The minimum Gasteiger partial charge on any atom is -0.494 e. The number of ether oxygens (including phenoxy) is 1. The molecule has 4 rings (SSSR count). The van der Waals surface area contributed by atoms with Gasteiger partial charge in [0.15, 0.2) is 0 Å². The third-order valence-corrected chi connectivity index (χ3v) is 6.69. The van der Waals surface area contributed by atoms with Crippen LogP contribution in [0.5, 0.6) is 5.75 Å². The van der Waals surface area contributed by atoms with Gasteiger partial charge in [0.1, 0.15) is 5.75 Å². The monoisotopic (exact) mass is 446 g/mol. The molecule has 2 aliphatic rings. The van der Waals surface area contributed by atoms with Crippen molar-refractivity contribution in [2.45, 2.75) is 38.6 Å². The van der Waals surface area contributed by atoms with Gasteiger partial charge in [-0.25, -0.2) is 0 Å². The Bertz CT molecular complexity index is 946. The highest BCUT2D eigenvalue weighted by Crippen LogP contribution is 2.23. The smallest absolute Gasteiger partial charge is 0.254 e. The molecule has 6 nitrogen and oxygen atoms in total. The molecule has 6 heteroatoms. The van der Waals surface area contributed by atoms with E-state index in [0.717, 1.165) is 44.1 Å². The highest BCUT2D eigenvalue weighted by atomic mass is 16.5. The number of nitrogens with zero attached hydrogens (tertiary/aromatic N) is 4. The molecule has 174 valence electrons. The molecule has 2 aliphatic heterocycles. The Morgan fingerprint density at radius 2 is 1.73 bits per heavy atom. The van der Waals surface area contributed by atoms with Crippen LogP contribution in [-0.4, -0.2) is 67.6 Å². The van der Waals surface area contributed by atoms with Crippen LogP contribution in [-0.2, 0) is 0 Å². The quantitative estimate of drug-likeness (QED) is 0.598. The van der Waals surface area contributed by atoms with Gasteiger partial charge >= 0.3 is 0 Å². The molecule has 0 aliphatic carbocycles. The van der Waals surface area contributed by atoms with E-state index in [2.05, 4.69) is 47.1 Å². The zero-order chi connectivity index (χ0) is 23.0. The van der Waals surface area contributed by atoms with E-state index >= 15 is 0 Å². The summed E-state index contributed by atoms with van der Waals surface area (Å²) in [5, 5.41) is 8.96. The molecular formula is C27H34N4O2. The average Bonchev–Trinajstić information content (AvgIpc) is 2.87. The Labute approximate surface area is 197 Å². The van der Waals surface area contributed by atoms with Gasteiger partial charge in [-0.2, -0.15) is 5.26 Å². The highest BCUT2D eigenvalue weighted by molar-refractivity contribution is 5.94. The summed E-state index contributed by atoms with van der Waals surface area (Å²) in [6, 6.07) is 17.4. The topological polar surface area (TPSA) is 59.8 Å². The Kier molecular flexibility index (Phi) is 7.85. The van der Waals surface area contributed by atoms with Crippen molar-refractivity contribution in [3.05, 3.63) is 59.7 Å². The van der Waals surface area contributed by atoms with Crippen LogP contribution in [0.4, 0.5) is 5.69 Å². The van der Waals surface area contributed by atoms with Gasteiger partial charge in [0.25, 0.3) is 5.91 Å². The molecule has 0 saturated carbocycles. The molecule has 2 fully saturated rings. The second-order valence-electron chi connectivity index (χ2n) is 9.08. The molecule has 2 heterocycles. The first-order chi connectivity index (χ1) is 16.1. The van der Waals surface area contributed by atoms with Crippen LogP contribution in [0.1, 0.15) is 48.5 Å². The molecule has 1 amide bonds. The van der Waals surface area contributed by atoms with Gasteiger partial charge in [0.2, 0.25) is 0 Å². The van der Waals surface area contributed by atoms with Gasteiger partial charge in [0.05, 0.1) is 18.2 Å². The van der Waals surface area contributed by atoms with Crippen molar-refractivity contribution < 1.29 is 9.53 Å². The van der Waals surface area contributed by atoms with Crippen LogP contribution in [0.2, 0.25) is 0 Å². The lowest BCUT2D eigenvalue weighted by Gasteiger charge is -2.41. The molecule has 0 N–H and O–H groups in total. The van der Waals surface area contributed by atoms with Crippen molar-refractivity contribution in [3.63, 3.8) is 0 Å². The van der Waals surface area contributed by atoms with E-state index in [-0.39, 0.29) is 11.9 Å². The Hall–Kier alpha value is -3.04. The SMILES string of the molecule is C[C@H]1CN(c2ccc(OCCCN3CCCCC3)cc2)CCN1C(=O)c1ccc(C#N)cc1. The first kappa shape index (κ1) is 23.1. The van der Waals surface area contributed by atoms with Gasteiger partial charge in [-0.3, -0.25) is 4.79 Å². The number of hydrogen-bond acceptors (Lipinski definition) is 5. The summed E-state index contributed by atoms with van der Waals surface area (Å²) in [5.74, 6) is 0.944. The van der Waals surface area contributed by atoms with Crippen molar-refractivity contribution in [1.82, 2.24) is 9.80 Å². The predicted molar refractivity (Wildman–Crippen MR) is 131 cm³/mol. The van der Waals surface area contributed by atoms with Gasteiger partial charge in [-0.1, -0.05) is 6.42 Å². The van der Waals surface area contributed by atoms with Crippen LogP contribution in [0.25, 0.3) is 0 Å². The van der Waals surface area contributed by atoms with Crippen molar-refractivity contribution in [2.24, 2.45) is 0 Å². The van der Waals surface area contributed by atoms with Crippen LogP contribution >= 0.6 is 0 Å². The maximum Gasteiger partial charge on any atom is 0.254 e. The van der Waals surface area contributed by atoms with Crippen molar-refractivity contribution >= 4 is 11.6 Å². The molecule has 0 bridgehead atoms. The number of piperidine rings is 1. The summed E-state index contributed by atoms with van der Waals surface area (Å²) in [6.07, 6.45) is 5.10. The standard InChI is InChI=1S/C27H34N4O2/c1-22-21-30(17-18-31(22)27(32)24-8-6-23(20-28)7-9-24)25-10-12-26(13-11-25)33-19-5-16-29-14-3-2-4-15-29/h6-13,22H,2-5,14-19,21H2,1H3/t22-/m0/s1. The summed E-state index contributed by atoms with van der Waals surface area (Å²) < 4.78 is 5.96. The number of hydrogen-bond donors (Lipinski definition) is 0. The van der Waals surface area contributed by atoms with Crippen molar-refractivity contribution in [1.29, 1.82) is 5.26 Å². The largest absolute Gasteiger partial charge is 0.494 e. The van der Waals surface area contributed by atoms with Gasteiger partial charge in [0, 0.05) is 43.5 Å². The summed E-state index contributed by atoms with van der Waals surface area (Å²) >= 11 is 0. The number of carbonyl (C=O) groups excluding carboxylic acids is 1. The molecule has 0 aromatic heterocycles. The lowest BCUT2D eigenvalue weighted by molar-refractivity contribution is 0.0674. The summed E-state index contributed by atoms with van der Waals surface area (Å²) in [6.45, 7) is 8.70. The summed E-state index contributed by atoms with van der Waals surface area (Å²) in [7, 11) is 0. The van der Waals surface area contributed by atoms with Crippen LogP contribution in [0, 0.1) is 11.3 Å². The highest BCUT2D eigenvalue weighted by Gasteiger charge is 2.28. The van der Waals surface area contributed by atoms with Crippen LogP contribution in [0.3, 0.4) is 0 Å². The zero-order valence-electron chi connectivity index (χ0n) is 19.6. The number of carbonyl (C=O) groups is 1. The lowest BCUT2D eigenvalue weighted by atomic mass is 10.1. The fraction of sp³-hybridized carbons (Fsp3) is 0.481. The molecule has 0 unspecified atom stereocenters. The van der Waals surface area contributed by atoms with E-state index in [9.17, 15) is 4.79 Å². The van der Waals surface area contributed by atoms with Gasteiger partial charge < -0.3 is 19.4 Å². The normalized spacial score (nSPS) is 19.2. The summed E-state index contributed by atoms with van der Waals surface area (Å²) in [4.78, 5) is 19.7. The third-order valence-electron chi connectivity index (χ3n) is 6.69. The van der Waals surface area contributed by atoms with Crippen molar-refractivity contribution in [3.8, 4) is 11.8 Å². The Morgan fingerprint density at radius 3 is 2.39 bits per heavy atom. The van der Waals surface area contributed by atoms with E-state index in [1.807, 2.05) is 4.90 Å². The van der Waals surface area contributed by atoms with Crippen LogP contribution < -0.4 is 9.64 Å². The second kappa shape index (κ2) is 11.2. The molecule has 2 saturated heterocycles. The van der Waals surface area contributed by atoms with E-state index < -0.39 is 0 Å². The average molecular weight is 447 g/mol. The first-order valence-electron chi connectivity index (χ1n) is 12.2. The molecule has 0 radical (unpaired) electrons. The number of likely N-dealkylation sites (tertiary alicyclic amines) is 1. The molecule has 0 spiro atoms. The zero-order valence-corrected chi connectivity index (χ0v) is 19.6. The number of piperazine rings is 1. The van der Waals surface area contributed by atoms with E-state index in [4.69, 9.17) is 10.00 Å². The number of rotatable bonds is 7. The van der Waals surface area contributed by atoms with E-state index in [1.54, 1.807) is 24.3 Å². The lowest BCUT2D eigenvalue weighted by Crippen LogP contribution is -2.54. The van der Waals surface area contributed by atoms with Gasteiger partial charge in [-0.05, 0) is 87.8 Å². The molecule has 1 atom stereocenters. The number of nitriles is 1. The number of benzene rings is 2. The minimum atomic E-state index is 0.0277. The molecule has 2 aromatic rings. The van der Waals surface area contributed by atoms with Gasteiger partial charge in [-0.15, -0.1) is 0 Å². The Balaban J connectivity index is 1.24. The second-order valence-corrected chi connectivity index (χ2v) is 9.08. The Morgan fingerprint density at radius 1 is 1.00 bits per heavy atom. The first-order valence-corrected chi connectivity index (χ1v) is 12.2. The van der Waals surface area contributed by atoms with Crippen LogP contribution in [0.15, 0.2) is 48.5 Å². The summed E-state index contributed by atoms with van der Waals surface area (Å²) in [5.41, 5.74) is 2.36. The maximum absolute atomic E-state index is 12.9. The third kappa shape index (κ3) is 6.06.